The first-order chi connectivity index (χ1) is 40.4. The molecule has 0 bridgehead atoms. The van der Waals surface area contributed by atoms with Crippen molar-refractivity contribution in [2.24, 2.45) is 5.14 Å². The zero-order valence-electron chi connectivity index (χ0n) is 46.2. The van der Waals surface area contributed by atoms with Crippen molar-refractivity contribution in [3.05, 3.63) is 119 Å². The van der Waals surface area contributed by atoms with Crippen LogP contribution in [-0.4, -0.2) is 150 Å². The SMILES string of the molecule is CC1(C)C(=CC=C(/C=C/C2N(CCCS(=O)(=O)O)c3ccc4c(S(=O)(=O)O)cc(S(=O)(=O)O)cc4c3C2(C)C)c2cc(C(=O)NCCC(=O)Nc3nnc(S(N)(=O)=O)s3)ccn2)N(CCCS(=O)(=O)O)c2ccc3c(S(=O)(=O)O)cc(S(=O)(=O)O)cc3c21. The average molecular weight is 1380 g/mol. The topological polar surface area (TPSA) is 490 Å². The molecule has 2 amide bonds. The zero-order chi connectivity index (χ0) is 65.3. The predicted octanol–water partition coefficient (Wildman–Crippen LogP) is 3.98. The van der Waals surface area contributed by atoms with Gasteiger partial charge in [0.05, 0.1) is 33.0 Å². The number of amides is 2. The second kappa shape index (κ2) is 23.9. The van der Waals surface area contributed by atoms with Crippen molar-refractivity contribution in [3.63, 3.8) is 0 Å². The van der Waals surface area contributed by atoms with E-state index in [0.29, 0.717) is 23.5 Å². The van der Waals surface area contributed by atoms with E-state index in [2.05, 4.69) is 25.8 Å². The predicted molar refractivity (Wildman–Crippen MR) is 320 cm³/mol. The Morgan fingerprint density at radius 2 is 1.22 bits per heavy atom. The first-order valence-corrected chi connectivity index (χ1v) is 36.8. The molecule has 0 spiro atoms. The van der Waals surface area contributed by atoms with Crippen LogP contribution in [0.2, 0.25) is 0 Å². The van der Waals surface area contributed by atoms with Crippen LogP contribution >= 0.6 is 11.3 Å². The quantitative estimate of drug-likeness (QED) is 0.0264. The highest BCUT2D eigenvalue weighted by atomic mass is 32.3. The van der Waals surface area contributed by atoms with Crippen molar-refractivity contribution < 1.29 is 95.8 Å². The van der Waals surface area contributed by atoms with E-state index in [1.165, 1.54) is 60.8 Å². The molecule has 4 aromatic carbocycles. The Balaban J connectivity index is 1.31. The van der Waals surface area contributed by atoms with Gasteiger partial charge in [0.25, 0.3) is 76.6 Å². The van der Waals surface area contributed by atoms with Gasteiger partial charge < -0.3 is 20.4 Å². The summed E-state index contributed by atoms with van der Waals surface area (Å²) in [6.07, 6.45) is 6.51. The smallest absolute Gasteiger partial charge is 0.295 e. The number of nitrogens with two attached hydrogens (primary N) is 1. The van der Waals surface area contributed by atoms with Crippen LogP contribution in [-0.2, 0) is 86.4 Å². The molecule has 0 fully saturated rings. The number of primary sulfonamides is 1. The Morgan fingerprint density at radius 3 is 1.74 bits per heavy atom. The van der Waals surface area contributed by atoms with Gasteiger partial charge in [-0.25, -0.2) is 13.6 Å². The lowest BCUT2D eigenvalue weighted by Gasteiger charge is -2.32. The molecule has 6 aromatic rings. The van der Waals surface area contributed by atoms with Crippen molar-refractivity contribution >= 4 is 138 Å². The molecule has 8 rings (SSSR count). The summed E-state index contributed by atoms with van der Waals surface area (Å²) >= 11 is 0.483. The molecule has 0 saturated heterocycles. The Hall–Kier alpha value is -6.76. The van der Waals surface area contributed by atoms with Crippen LogP contribution in [0.25, 0.3) is 27.1 Å². The molecule has 0 radical (unpaired) electrons. The van der Waals surface area contributed by atoms with E-state index in [4.69, 9.17) is 5.14 Å². The zero-order valence-corrected chi connectivity index (χ0v) is 52.7. The number of pyridine rings is 1. The molecule has 0 saturated carbocycles. The number of allylic oxidation sites excluding steroid dienone is 5. The fourth-order valence-electron chi connectivity index (χ4n) is 10.8. The average Bonchev–Trinajstić information content (AvgIpc) is 1.92. The van der Waals surface area contributed by atoms with Crippen molar-refractivity contribution in [1.82, 2.24) is 20.5 Å². The molecule has 30 nitrogen and oxygen atoms in total. The van der Waals surface area contributed by atoms with Crippen LogP contribution in [0, 0.1) is 0 Å². The molecule has 38 heteroatoms. The van der Waals surface area contributed by atoms with E-state index in [9.17, 15) is 95.8 Å². The summed E-state index contributed by atoms with van der Waals surface area (Å²) in [4.78, 5) is 30.8. The number of fused-ring (bicyclic) bond motifs is 6. The summed E-state index contributed by atoms with van der Waals surface area (Å²) in [5.74, 6) is -2.97. The van der Waals surface area contributed by atoms with E-state index in [0.717, 1.165) is 12.1 Å². The fraction of sp³-hybridized carbons (Fsp3) is 0.300. The highest BCUT2D eigenvalue weighted by Crippen LogP contribution is 2.53. The molecule has 1 atom stereocenters. The maximum absolute atomic E-state index is 13.8. The van der Waals surface area contributed by atoms with E-state index in [-0.39, 0.29) is 111 Å². The van der Waals surface area contributed by atoms with Crippen LogP contribution in [0.3, 0.4) is 0 Å². The van der Waals surface area contributed by atoms with Gasteiger partial charge >= 0.3 is 0 Å². The van der Waals surface area contributed by atoms with Crippen LogP contribution in [0.5, 0.6) is 0 Å². The fourth-order valence-corrected chi connectivity index (χ4v) is 15.8. The summed E-state index contributed by atoms with van der Waals surface area (Å²) in [5.41, 5.74) is -1.33. The van der Waals surface area contributed by atoms with Crippen LogP contribution in [0.4, 0.5) is 16.5 Å². The second-order valence-electron chi connectivity index (χ2n) is 21.2. The summed E-state index contributed by atoms with van der Waals surface area (Å²) in [6.45, 7) is 5.93. The number of nitrogens with zero attached hydrogens (tertiary/aromatic N) is 5. The van der Waals surface area contributed by atoms with Crippen molar-refractivity contribution in [2.75, 3.05) is 46.3 Å². The van der Waals surface area contributed by atoms with Gasteiger partial charge in [0.15, 0.2) is 0 Å². The van der Waals surface area contributed by atoms with E-state index in [1.54, 1.807) is 43.6 Å². The van der Waals surface area contributed by atoms with Gasteiger partial charge in [0.2, 0.25) is 15.4 Å². The summed E-state index contributed by atoms with van der Waals surface area (Å²) < 4.78 is 234. The van der Waals surface area contributed by atoms with E-state index < -0.39 is 135 Å². The lowest BCUT2D eigenvalue weighted by molar-refractivity contribution is -0.116. The van der Waals surface area contributed by atoms with Crippen LogP contribution in [0.1, 0.15) is 74.1 Å². The lowest BCUT2D eigenvalue weighted by Crippen LogP contribution is -2.41. The number of anilines is 3. The van der Waals surface area contributed by atoms with E-state index >= 15 is 0 Å². The normalized spacial score (nSPS) is 17.1. The number of aromatic nitrogens is 3. The number of rotatable bonds is 22. The molecule has 474 valence electrons. The first kappa shape index (κ1) is 67.2. The minimum Gasteiger partial charge on any atom is -0.364 e. The maximum atomic E-state index is 13.8. The van der Waals surface area contributed by atoms with Crippen molar-refractivity contribution in [2.45, 2.75) is 87.8 Å². The van der Waals surface area contributed by atoms with E-state index in [1.807, 2.05) is 0 Å². The first-order valence-electron chi connectivity index (χ1n) is 25.5. The summed E-state index contributed by atoms with van der Waals surface area (Å²) in [5, 5.41) is 16.2. The molecule has 1 unspecified atom stereocenters. The molecule has 4 heterocycles. The van der Waals surface area contributed by atoms with Gasteiger partial charge in [-0.05, 0) is 94.9 Å². The largest absolute Gasteiger partial charge is 0.364 e. The number of hydrogen-bond acceptors (Lipinski definition) is 22. The van der Waals surface area contributed by atoms with Gasteiger partial charge in [-0.1, -0.05) is 69.4 Å². The summed E-state index contributed by atoms with van der Waals surface area (Å²) in [7, 11) is -34.1. The monoisotopic (exact) mass is 1370 g/mol. The standard InChI is InChI=1S/C50H54N8O22S8/c1-49(2)41(57(19-5-21-82(61,62)63)37-11-9-32-34(44(37)49)24-30(85(69,70)71)26-39(32)87(75,76)77)13-7-28(36-23-29(15-17-52-36)46(60)53-18-16-43(59)54-47-55-56-48(81-47)84(51,67)68)8-14-42-50(3,4)45-35-25-31(86(72,73)74)27-40(88(78,79)80)33(35)10-12-38(45)58(42)20-6-22-83(64,65)66/h7-15,17,23-27,41H,5-6,16,18-22H2,1-4H3,(H,53,60)(H2,51,67,68)(H,54,55,59)(H,61,62,63)(H,64,65,66)(H,69,70,71)(H,72,73,74)(H,75,76,77)(H,78,79,80)/b13-7+,28-8?,42-14?. The van der Waals surface area contributed by atoms with Gasteiger partial charge in [0.1, 0.15) is 9.79 Å². The molecular formula is C50H54N8O22S8. The highest BCUT2D eigenvalue weighted by molar-refractivity contribution is 7.91. The van der Waals surface area contributed by atoms with Crippen LogP contribution in [0.15, 0.2) is 121 Å². The number of hydrogen-bond donors (Lipinski definition) is 9. The molecule has 2 aliphatic heterocycles. The third-order valence-corrected chi connectivity index (χ3v) is 21.6. The maximum Gasteiger partial charge on any atom is 0.295 e. The third kappa shape index (κ3) is 14.6. The van der Waals surface area contributed by atoms with Crippen molar-refractivity contribution in [1.29, 1.82) is 0 Å². The Labute approximate surface area is 508 Å². The van der Waals surface area contributed by atoms with Gasteiger partial charge in [0, 0.05) is 76.5 Å². The number of sulfonamides is 1. The van der Waals surface area contributed by atoms with Crippen LogP contribution < -0.4 is 25.6 Å². The molecule has 2 aromatic heterocycles. The minimum atomic E-state index is -5.20. The summed E-state index contributed by atoms with van der Waals surface area (Å²) in [6, 6.07) is 10.2. The Bertz CT molecular complexity index is 4860. The van der Waals surface area contributed by atoms with Gasteiger partial charge in [-0.2, -0.15) is 50.5 Å². The van der Waals surface area contributed by atoms with Gasteiger partial charge in [-0.3, -0.25) is 41.9 Å². The minimum absolute atomic E-state index is 0.0278. The molecular weight excluding hydrogens is 1320 g/mol. The number of carbonyl (C=O) groups excluding carboxylic acids is 2. The molecule has 2 aliphatic rings. The molecule has 88 heavy (non-hydrogen) atoms. The lowest BCUT2D eigenvalue weighted by atomic mass is 9.78. The molecule has 10 N–H and O–H groups in total. The Kier molecular flexibility index (Phi) is 18.2. The Morgan fingerprint density at radius 1 is 0.670 bits per heavy atom. The van der Waals surface area contributed by atoms with Gasteiger partial charge in [-0.15, -0.1) is 10.2 Å². The third-order valence-electron chi connectivity index (χ3n) is 14.4. The number of nitrogens with one attached hydrogen (secondary N) is 2. The van der Waals surface area contributed by atoms with Crippen molar-refractivity contribution in [3.8, 4) is 0 Å². The molecule has 0 aliphatic carbocycles. The highest BCUT2D eigenvalue weighted by Gasteiger charge is 2.46. The number of carbonyl (C=O) groups is 2. The second-order valence-corrected chi connectivity index (χ2v) is 32.7. The number of benzene rings is 4.